The first-order valence-electron chi connectivity index (χ1n) is 4.31. The smallest absolute Gasteiger partial charge is 0.384 e. The van der Waals surface area contributed by atoms with Crippen LogP contribution in [0.5, 0.6) is 0 Å². The molecule has 0 aromatic heterocycles. The van der Waals surface area contributed by atoms with E-state index in [0.717, 1.165) is 25.5 Å². The molecule has 0 aliphatic rings. The van der Waals surface area contributed by atoms with Crippen molar-refractivity contribution >= 4 is 12.3 Å². The minimum absolute atomic E-state index is 0.493. The number of methoxy groups -OCH3 is 1. The van der Waals surface area contributed by atoms with Crippen molar-refractivity contribution in [1.82, 2.24) is 0 Å². The highest BCUT2D eigenvalue weighted by Crippen LogP contribution is 2.00. The molecule has 0 saturated carbocycles. The number of unbranched alkanes of at least 4 members (excludes halogenated alkanes) is 4. The van der Waals surface area contributed by atoms with Crippen molar-refractivity contribution in [2.45, 2.75) is 32.1 Å². The summed E-state index contributed by atoms with van der Waals surface area (Å²) in [6.07, 6.45) is 5.04. The molecule has 0 heterocycles. The van der Waals surface area contributed by atoms with Crippen LogP contribution in [-0.2, 0) is 14.3 Å². The fourth-order valence-corrected chi connectivity index (χ4v) is 0.804. The standard InChI is InChI=1S/C10H14O3/c1-13-10(12)8-6-4-2-3-5-7-9-11/h9H,2-5,7H2,1H3. The molecule has 0 N–H and O–H groups in total. The van der Waals surface area contributed by atoms with Crippen LogP contribution in [0.25, 0.3) is 0 Å². The van der Waals surface area contributed by atoms with E-state index in [-0.39, 0.29) is 0 Å². The summed E-state index contributed by atoms with van der Waals surface area (Å²) in [6, 6.07) is 0. The molecule has 0 saturated heterocycles. The largest absolute Gasteiger partial charge is 0.459 e. The quantitative estimate of drug-likeness (QED) is 0.212. The number of hydrogen-bond donors (Lipinski definition) is 0. The molecule has 3 nitrogen and oxygen atoms in total. The average Bonchev–Trinajstić information content (AvgIpc) is 2.16. The van der Waals surface area contributed by atoms with E-state index < -0.39 is 5.97 Å². The molecular formula is C10H14O3. The Morgan fingerprint density at radius 2 is 2.15 bits per heavy atom. The van der Waals surface area contributed by atoms with Crippen molar-refractivity contribution in [3.05, 3.63) is 0 Å². The maximum atomic E-state index is 10.5. The zero-order valence-electron chi connectivity index (χ0n) is 7.84. The predicted octanol–water partition coefficient (Wildman–Crippen LogP) is 1.31. The lowest BCUT2D eigenvalue weighted by molar-refractivity contribution is -0.133. The van der Waals surface area contributed by atoms with Crippen molar-refractivity contribution in [3.8, 4) is 11.8 Å². The Hall–Kier alpha value is -1.30. The number of esters is 1. The molecule has 0 aliphatic heterocycles. The molecule has 13 heavy (non-hydrogen) atoms. The summed E-state index contributed by atoms with van der Waals surface area (Å²) in [5.74, 6) is 4.55. The Bertz CT molecular complexity index is 210. The highest BCUT2D eigenvalue weighted by molar-refractivity contribution is 5.88. The van der Waals surface area contributed by atoms with Crippen LogP contribution in [-0.4, -0.2) is 19.4 Å². The number of rotatable bonds is 5. The van der Waals surface area contributed by atoms with Gasteiger partial charge in [0.15, 0.2) is 0 Å². The van der Waals surface area contributed by atoms with Gasteiger partial charge in [0.2, 0.25) is 0 Å². The zero-order valence-corrected chi connectivity index (χ0v) is 7.84. The van der Waals surface area contributed by atoms with Crippen LogP contribution in [0.3, 0.4) is 0 Å². The van der Waals surface area contributed by atoms with Crippen LogP contribution in [0, 0.1) is 11.8 Å². The van der Waals surface area contributed by atoms with E-state index in [1.54, 1.807) is 0 Å². The fourth-order valence-electron chi connectivity index (χ4n) is 0.804. The second-order valence-electron chi connectivity index (χ2n) is 2.56. The zero-order chi connectivity index (χ0) is 9.94. The number of ether oxygens (including phenoxy) is 1. The third kappa shape index (κ3) is 8.61. The molecule has 0 radical (unpaired) electrons. The summed E-state index contributed by atoms with van der Waals surface area (Å²) < 4.78 is 4.34. The lowest BCUT2D eigenvalue weighted by atomic mass is 10.1. The summed E-state index contributed by atoms with van der Waals surface area (Å²) in [5.41, 5.74) is 0. The van der Waals surface area contributed by atoms with Gasteiger partial charge in [0.05, 0.1) is 7.11 Å². The molecule has 72 valence electrons. The first-order chi connectivity index (χ1) is 6.31. The summed E-state index contributed by atoms with van der Waals surface area (Å²) in [5, 5.41) is 0. The second kappa shape index (κ2) is 8.79. The molecule has 0 fully saturated rings. The Balaban J connectivity index is 3.27. The molecular weight excluding hydrogens is 168 g/mol. The second-order valence-corrected chi connectivity index (χ2v) is 2.56. The van der Waals surface area contributed by atoms with Crippen LogP contribution < -0.4 is 0 Å². The SMILES string of the molecule is COC(=O)C#CCCCCCC=O. The first-order valence-corrected chi connectivity index (χ1v) is 4.31. The van der Waals surface area contributed by atoms with Gasteiger partial charge in [0.1, 0.15) is 6.29 Å². The number of carbonyl (C=O) groups excluding carboxylic acids is 2. The van der Waals surface area contributed by atoms with Crippen LogP contribution >= 0.6 is 0 Å². The average molecular weight is 182 g/mol. The number of carbonyl (C=O) groups is 2. The topological polar surface area (TPSA) is 43.4 Å². The van der Waals surface area contributed by atoms with Gasteiger partial charge >= 0.3 is 5.97 Å². The molecule has 0 unspecified atom stereocenters. The van der Waals surface area contributed by atoms with Crippen LogP contribution in [0.1, 0.15) is 32.1 Å². The molecule has 0 aliphatic carbocycles. The van der Waals surface area contributed by atoms with Crippen LogP contribution in [0.15, 0.2) is 0 Å². The minimum Gasteiger partial charge on any atom is -0.459 e. The summed E-state index contributed by atoms with van der Waals surface area (Å²) in [6.45, 7) is 0. The van der Waals surface area contributed by atoms with Crippen LogP contribution in [0.2, 0.25) is 0 Å². The number of aldehydes is 1. The third-order valence-electron chi connectivity index (χ3n) is 1.50. The monoisotopic (exact) mass is 182 g/mol. The Morgan fingerprint density at radius 3 is 2.77 bits per heavy atom. The lowest BCUT2D eigenvalue weighted by Crippen LogP contribution is -1.94. The van der Waals surface area contributed by atoms with E-state index in [1.165, 1.54) is 7.11 Å². The molecule has 0 bridgehead atoms. The van der Waals surface area contributed by atoms with Gasteiger partial charge in [-0.05, 0) is 12.8 Å². The van der Waals surface area contributed by atoms with Gasteiger partial charge in [-0.2, -0.15) is 0 Å². The van der Waals surface area contributed by atoms with Gasteiger partial charge in [-0.1, -0.05) is 12.3 Å². The van der Waals surface area contributed by atoms with E-state index in [9.17, 15) is 9.59 Å². The molecule has 0 rings (SSSR count). The first kappa shape index (κ1) is 11.7. The van der Waals surface area contributed by atoms with Crippen LogP contribution in [0.4, 0.5) is 0 Å². The van der Waals surface area contributed by atoms with Gasteiger partial charge < -0.3 is 9.53 Å². The normalized spacial score (nSPS) is 8.38. The maximum absolute atomic E-state index is 10.5. The van der Waals surface area contributed by atoms with Gasteiger partial charge in [-0.25, -0.2) is 4.79 Å². The number of hydrogen-bond acceptors (Lipinski definition) is 3. The molecule has 0 aromatic rings. The van der Waals surface area contributed by atoms with Gasteiger partial charge in [-0.3, -0.25) is 0 Å². The van der Waals surface area contributed by atoms with E-state index in [1.807, 2.05) is 0 Å². The molecule has 0 amide bonds. The Labute approximate surface area is 78.5 Å². The van der Waals surface area contributed by atoms with Crippen molar-refractivity contribution in [2.24, 2.45) is 0 Å². The van der Waals surface area contributed by atoms with Crippen molar-refractivity contribution in [1.29, 1.82) is 0 Å². The maximum Gasteiger partial charge on any atom is 0.384 e. The van der Waals surface area contributed by atoms with E-state index >= 15 is 0 Å². The Kier molecular flexibility index (Phi) is 7.91. The van der Waals surface area contributed by atoms with Gasteiger partial charge in [-0.15, -0.1) is 0 Å². The summed E-state index contributed by atoms with van der Waals surface area (Å²) >= 11 is 0. The molecule has 0 atom stereocenters. The van der Waals surface area contributed by atoms with Gasteiger partial charge in [0.25, 0.3) is 0 Å². The van der Waals surface area contributed by atoms with Crippen molar-refractivity contribution < 1.29 is 14.3 Å². The third-order valence-corrected chi connectivity index (χ3v) is 1.50. The molecule has 3 heteroatoms. The minimum atomic E-state index is -0.493. The summed E-state index contributed by atoms with van der Waals surface area (Å²) in [7, 11) is 1.31. The van der Waals surface area contributed by atoms with Crippen molar-refractivity contribution in [3.63, 3.8) is 0 Å². The highest BCUT2D eigenvalue weighted by Gasteiger charge is 1.89. The molecule has 0 spiro atoms. The lowest BCUT2D eigenvalue weighted by Gasteiger charge is -1.91. The fraction of sp³-hybridized carbons (Fsp3) is 0.600. The predicted molar refractivity (Wildman–Crippen MR) is 48.9 cm³/mol. The summed E-state index contributed by atoms with van der Waals surface area (Å²) in [4.78, 5) is 20.4. The van der Waals surface area contributed by atoms with E-state index in [2.05, 4.69) is 16.6 Å². The molecule has 0 aromatic carbocycles. The van der Waals surface area contributed by atoms with Gasteiger partial charge in [0, 0.05) is 18.8 Å². The highest BCUT2D eigenvalue weighted by atomic mass is 16.5. The van der Waals surface area contributed by atoms with E-state index in [4.69, 9.17) is 0 Å². The van der Waals surface area contributed by atoms with E-state index in [0.29, 0.717) is 12.8 Å². The Morgan fingerprint density at radius 1 is 1.38 bits per heavy atom. The van der Waals surface area contributed by atoms with Crippen molar-refractivity contribution in [2.75, 3.05) is 7.11 Å².